The van der Waals surface area contributed by atoms with Crippen LogP contribution >= 0.6 is 0 Å². The van der Waals surface area contributed by atoms with Crippen LogP contribution in [0.5, 0.6) is 0 Å². The van der Waals surface area contributed by atoms with Crippen LogP contribution in [0.15, 0.2) is 10.5 Å². The fourth-order valence-electron chi connectivity index (χ4n) is 2.98. The summed E-state index contributed by atoms with van der Waals surface area (Å²) < 4.78 is 5.77. The Balaban J connectivity index is 2.05. The molecule has 1 aromatic rings. The smallest absolute Gasteiger partial charge is 0.220 e. The second kappa shape index (κ2) is 6.00. The van der Waals surface area contributed by atoms with Gasteiger partial charge in [-0.3, -0.25) is 4.79 Å². The van der Waals surface area contributed by atoms with Crippen LogP contribution in [0.2, 0.25) is 0 Å². The van der Waals surface area contributed by atoms with E-state index in [0.717, 1.165) is 36.3 Å². The van der Waals surface area contributed by atoms with E-state index < -0.39 is 0 Å². The molecule has 112 valence electrons. The number of unbranched alkanes of at least 4 members (excludes halogenated alkanes) is 1. The van der Waals surface area contributed by atoms with Gasteiger partial charge in [-0.1, -0.05) is 13.8 Å². The lowest BCUT2D eigenvalue weighted by molar-refractivity contribution is -0.122. The van der Waals surface area contributed by atoms with E-state index in [1.165, 1.54) is 0 Å². The highest BCUT2D eigenvalue weighted by Gasteiger charge is 2.35. The van der Waals surface area contributed by atoms with Crippen molar-refractivity contribution in [1.29, 1.82) is 0 Å². The van der Waals surface area contributed by atoms with Crippen molar-refractivity contribution in [2.45, 2.75) is 58.9 Å². The molecule has 4 heteroatoms. The van der Waals surface area contributed by atoms with E-state index in [0.29, 0.717) is 12.8 Å². The van der Waals surface area contributed by atoms with Crippen molar-refractivity contribution in [2.75, 3.05) is 6.61 Å². The maximum atomic E-state index is 12.0. The van der Waals surface area contributed by atoms with Crippen molar-refractivity contribution >= 4 is 5.91 Å². The Kier molecular flexibility index (Phi) is 4.53. The summed E-state index contributed by atoms with van der Waals surface area (Å²) in [7, 11) is 0. The third-order valence-corrected chi connectivity index (χ3v) is 3.88. The van der Waals surface area contributed by atoms with Gasteiger partial charge in [0, 0.05) is 25.0 Å². The second-order valence-electron chi connectivity index (χ2n) is 6.58. The Bertz CT molecular complexity index is 476. The van der Waals surface area contributed by atoms with E-state index in [1.54, 1.807) is 0 Å². The van der Waals surface area contributed by atoms with Crippen molar-refractivity contribution in [3.8, 4) is 0 Å². The summed E-state index contributed by atoms with van der Waals surface area (Å²) in [6.45, 7) is 6.51. The standard InChI is InChI=1S/C16H25NO3/c1-11-8-12-13(17-15(19)6-4-5-7-18)9-16(2,3)10-14(12)20-11/h8,13,18H,4-7,9-10H2,1-3H3,(H,17,19). The SMILES string of the molecule is Cc1cc2c(o1)CC(C)(C)CC2NC(=O)CCCCO. The van der Waals surface area contributed by atoms with Gasteiger partial charge in [-0.2, -0.15) is 0 Å². The van der Waals surface area contributed by atoms with Gasteiger partial charge in [0.1, 0.15) is 11.5 Å². The van der Waals surface area contributed by atoms with Gasteiger partial charge in [0.25, 0.3) is 0 Å². The highest BCUT2D eigenvalue weighted by molar-refractivity contribution is 5.76. The summed E-state index contributed by atoms with van der Waals surface area (Å²) in [4.78, 5) is 12.0. The quantitative estimate of drug-likeness (QED) is 0.815. The molecule has 2 N–H and O–H groups in total. The normalized spacial score (nSPS) is 20.5. The molecular formula is C16H25NO3. The number of amides is 1. The Labute approximate surface area is 120 Å². The maximum absolute atomic E-state index is 12.0. The molecule has 20 heavy (non-hydrogen) atoms. The van der Waals surface area contributed by atoms with Gasteiger partial charge in [0.05, 0.1) is 6.04 Å². The average Bonchev–Trinajstić information content (AvgIpc) is 2.68. The molecule has 1 amide bonds. The lowest BCUT2D eigenvalue weighted by Gasteiger charge is -2.34. The number of hydrogen-bond donors (Lipinski definition) is 2. The number of carbonyl (C=O) groups excluding carboxylic acids is 1. The molecule has 0 aromatic carbocycles. The molecule has 0 radical (unpaired) electrons. The number of fused-ring (bicyclic) bond motifs is 1. The van der Waals surface area contributed by atoms with Crippen molar-refractivity contribution < 1.29 is 14.3 Å². The molecule has 0 fully saturated rings. The Morgan fingerprint density at radius 1 is 1.50 bits per heavy atom. The first-order chi connectivity index (χ1) is 9.41. The minimum Gasteiger partial charge on any atom is -0.466 e. The third-order valence-electron chi connectivity index (χ3n) is 3.88. The number of aliphatic hydroxyl groups excluding tert-OH is 1. The van der Waals surface area contributed by atoms with Crippen molar-refractivity contribution in [2.24, 2.45) is 5.41 Å². The fourth-order valence-corrected chi connectivity index (χ4v) is 2.98. The molecule has 1 aliphatic carbocycles. The molecule has 1 unspecified atom stereocenters. The first-order valence-corrected chi connectivity index (χ1v) is 7.41. The van der Waals surface area contributed by atoms with Crippen LogP contribution in [0.4, 0.5) is 0 Å². The van der Waals surface area contributed by atoms with Crippen LogP contribution in [0, 0.1) is 12.3 Å². The first-order valence-electron chi connectivity index (χ1n) is 7.41. The van der Waals surface area contributed by atoms with Crippen LogP contribution in [0.3, 0.4) is 0 Å². The molecule has 1 aromatic heterocycles. The summed E-state index contributed by atoms with van der Waals surface area (Å²) in [6, 6.07) is 2.09. The molecule has 1 atom stereocenters. The van der Waals surface area contributed by atoms with Crippen LogP contribution in [-0.4, -0.2) is 17.6 Å². The average molecular weight is 279 g/mol. The third kappa shape index (κ3) is 3.63. The van der Waals surface area contributed by atoms with E-state index >= 15 is 0 Å². The molecule has 0 spiro atoms. The van der Waals surface area contributed by atoms with Gasteiger partial charge in [-0.15, -0.1) is 0 Å². The van der Waals surface area contributed by atoms with E-state index in [2.05, 4.69) is 19.2 Å². The van der Waals surface area contributed by atoms with Crippen molar-refractivity contribution in [3.63, 3.8) is 0 Å². The second-order valence-corrected chi connectivity index (χ2v) is 6.58. The van der Waals surface area contributed by atoms with Gasteiger partial charge < -0.3 is 14.8 Å². The number of aliphatic hydroxyl groups is 1. The van der Waals surface area contributed by atoms with Crippen LogP contribution < -0.4 is 5.32 Å². The Morgan fingerprint density at radius 3 is 2.95 bits per heavy atom. The van der Waals surface area contributed by atoms with E-state index in [4.69, 9.17) is 9.52 Å². The molecule has 0 saturated heterocycles. The largest absolute Gasteiger partial charge is 0.466 e. The summed E-state index contributed by atoms with van der Waals surface area (Å²) in [5.74, 6) is 1.98. The van der Waals surface area contributed by atoms with Crippen LogP contribution in [-0.2, 0) is 11.2 Å². The molecule has 2 rings (SSSR count). The number of rotatable bonds is 5. The summed E-state index contributed by atoms with van der Waals surface area (Å²) in [6.07, 6.45) is 3.75. The lowest BCUT2D eigenvalue weighted by Crippen LogP contribution is -2.35. The molecule has 4 nitrogen and oxygen atoms in total. The zero-order chi connectivity index (χ0) is 14.8. The van der Waals surface area contributed by atoms with Gasteiger partial charge in [-0.05, 0) is 37.7 Å². The Morgan fingerprint density at radius 2 is 2.25 bits per heavy atom. The molecule has 0 saturated carbocycles. The molecular weight excluding hydrogens is 254 g/mol. The predicted molar refractivity (Wildman–Crippen MR) is 77.4 cm³/mol. The highest BCUT2D eigenvalue weighted by Crippen LogP contribution is 2.42. The topological polar surface area (TPSA) is 62.5 Å². The minimum atomic E-state index is 0.0489. The van der Waals surface area contributed by atoms with Gasteiger partial charge in [0.2, 0.25) is 5.91 Å². The predicted octanol–water partition coefficient (Wildman–Crippen LogP) is 2.88. The zero-order valence-electron chi connectivity index (χ0n) is 12.7. The lowest BCUT2D eigenvalue weighted by atomic mass is 9.74. The minimum absolute atomic E-state index is 0.0489. The van der Waals surface area contributed by atoms with Crippen molar-refractivity contribution in [3.05, 3.63) is 23.2 Å². The van der Waals surface area contributed by atoms with Crippen LogP contribution in [0.25, 0.3) is 0 Å². The van der Waals surface area contributed by atoms with Crippen molar-refractivity contribution in [1.82, 2.24) is 5.32 Å². The fraction of sp³-hybridized carbons (Fsp3) is 0.688. The number of hydrogen-bond acceptors (Lipinski definition) is 3. The van der Waals surface area contributed by atoms with E-state index in [-0.39, 0.29) is 24.0 Å². The number of carbonyl (C=O) groups is 1. The van der Waals surface area contributed by atoms with Gasteiger partial charge in [-0.25, -0.2) is 0 Å². The number of furan rings is 1. The van der Waals surface area contributed by atoms with Gasteiger partial charge >= 0.3 is 0 Å². The number of nitrogens with one attached hydrogen (secondary N) is 1. The molecule has 1 heterocycles. The summed E-state index contributed by atoms with van der Waals surface area (Å²) in [5.41, 5.74) is 1.28. The number of aryl methyl sites for hydroxylation is 1. The monoisotopic (exact) mass is 279 g/mol. The molecule has 0 bridgehead atoms. The van der Waals surface area contributed by atoms with E-state index in [1.807, 2.05) is 13.0 Å². The summed E-state index contributed by atoms with van der Waals surface area (Å²) >= 11 is 0. The van der Waals surface area contributed by atoms with Gasteiger partial charge in [0.15, 0.2) is 0 Å². The summed E-state index contributed by atoms with van der Waals surface area (Å²) in [5, 5.41) is 11.9. The maximum Gasteiger partial charge on any atom is 0.220 e. The van der Waals surface area contributed by atoms with E-state index in [9.17, 15) is 4.79 Å². The molecule has 1 aliphatic rings. The molecule has 0 aliphatic heterocycles. The Hall–Kier alpha value is -1.29. The highest BCUT2D eigenvalue weighted by atomic mass is 16.3. The van der Waals surface area contributed by atoms with Crippen LogP contribution in [0.1, 0.15) is 62.7 Å². The zero-order valence-corrected chi connectivity index (χ0v) is 12.7. The first kappa shape index (κ1) is 15.1.